The first-order chi connectivity index (χ1) is 11.8. The Kier molecular flexibility index (Phi) is 12.5. The van der Waals surface area contributed by atoms with Gasteiger partial charge in [0.1, 0.15) is 0 Å². The van der Waals surface area contributed by atoms with Gasteiger partial charge < -0.3 is 25.7 Å². The number of pyridine rings is 1. The van der Waals surface area contributed by atoms with Crippen LogP contribution in [-0.2, 0) is 9.59 Å². The van der Waals surface area contributed by atoms with E-state index in [1.54, 1.807) is 24.5 Å². The van der Waals surface area contributed by atoms with Crippen molar-refractivity contribution in [2.75, 3.05) is 40.3 Å². The molecule has 1 heterocycles. The number of nitrogens with zero attached hydrogens (tertiary/aromatic N) is 2. The Morgan fingerprint density at radius 2 is 1.56 bits per heavy atom. The average molecular weight is 354 g/mol. The number of carboxylic acids is 2. The molecule has 0 spiro atoms. The third kappa shape index (κ3) is 13.6. The highest BCUT2D eigenvalue weighted by Gasteiger charge is 2.04. The summed E-state index contributed by atoms with van der Waals surface area (Å²) in [7, 11) is 4.16. The Labute approximate surface area is 147 Å². The highest BCUT2D eigenvalue weighted by Crippen LogP contribution is 1.95. The molecule has 0 aliphatic rings. The summed E-state index contributed by atoms with van der Waals surface area (Å²) in [6, 6.07) is 3.43. The van der Waals surface area contributed by atoms with Gasteiger partial charge in [0.25, 0.3) is 5.91 Å². The maximum Gasteiger partial charge on any atom is 0.414 e. The molecule has 1 aromatic rings. The largest absolute Gasteiger partial charge is 0.473 e. The molecule has 4 N–H and O–H groups in total. The second-order valence-corrected chi connectivity index (χ2v) is 5.36. The predicted octanol–water partition coefficient (Wildman–Crippen LogP) is -0.102. The number of amides is 1. The maximum atomic E-state index is 11.7. The van der Waals surface area contributed by atoms with Gasteiger partial charge in [0.15, 0.2) is 0 Å². The SMILES string of the molecule is CN(C)CCCNCCCNC(=O)c1ccncc1.O=C(O)C(=O)O. The fraction of sp³-hybridized carbons (Fsp3) is 0.500. The van der Waals surface area contributed by atoms with Crippen LogP contribution in [0.4, 0.5) is 0 Å². The van der Waals surface area contributed by atoms with Gasteiger partial charge in [-0.3, -0.25) is 9.78 Å². The van der Waals surface area contributed by atoms with Gasteiger partial charge in [-0.05, 0) is 58.7 Å². The Hall–Kier alpha value is -2.52. The van der Waals surface area contributed by atoms with Gasteiger partial charge in [-0.25, -0.2) is 9.59 Å². The summed E-state index contributed by atoms with van der Waals surface area (Å²) >= 11 is 0. The van der Waals surface area contributed by atoms with Crippen molar-refractivity contribution in [1.82, 2.24) is 20.5 Å². The standard InChI is InChI=1S/C14H24N4O.C2H2O4/c1-18(2)12-4-8-15-7-3-9-17-14(19)13-5-10-16-11-6-13;3-1(4)2(5)6/h5-6,10-11,15H,3-4,7-9,12H2,1-2H3,(H,17,19);(H,3,4)(H,5,6). The van der Waals surface area contributed by atoms with E-state index in [0.29, 0.717) is 12.1 Å². The van der Waals surface area contributed by atoms with Gasteiger partial charge in [0, 0.05) is 24.5 Å². The zero-order chi connectivity index (χ0) is 19.1. The van der Waals surface area contributed by atoms with Crippen LogP contribution in [0.5, 0.6) is 0 Å². The van der Waals surface area contributed by atoms with Crippen molar-refractivity contribution in [1.29, 1.82) is 0 Å². The molecule has 140 valence electrons. The molecule has 0 aliphatic carbocycles. The maximum absolute atomic E-state index is 11.7. The van der Waals surface area contributed by atoms with Gasteiger partial charge in [-0.15, -0.1) is 0 Å². The molecular weight excluding hydrogens is 328 g/mol. The number of carboxylic acid groups (broad SMARTS) is 2. The van der Waals surface area contributed by atoms with E-state index < -0.39 is 11.9 Å². The highest BCUT2D eigenvalue weighted by atomic mass is 16.4. The van der Waals surface area contributed by atoms with Crippen molar-refractivity contribution in [3.8, 4) is 0 Å². The van der Waals surface area contributed by atoms with E-state index in [1.165, 1.54) is 0 Å². The smallest absolute Gasteiger partial charge is 0.414 e. The Bertz CT molecular complexity index is 511. The monoisotopic (exact) mass is 354 g/mol. The Morgan fingerprint density at radius 1 is 1.00 bits per heavy atom. The minimum absolute atomic E-state index is 0.0324. The zero-order valence-corrected chi connectivity index (χ0v) is 14.6. The lowest BCUT2D eigenvalue weighted by molar-refractivity contribution is -0.159. The van der Waals surface area contributed by atoms with Crippen LogP contribution in [0, 0.1) is 0 Å². The summed E-state index contributed by atoms with van der Waals surface area (Å²) in [6.07, 6.45) is 5.34. The van der Waals surface area contributed by atoms with Gasteiger partial charge >= 0.3 is 11.9 Å². The van der Waals surface area contributed by atoms with E-state index >= 15 is 0 Å². The number of rotatable bonds is 9. The molecular formula is C16H26N4O5. The number of aromatic nitrogens is 1. The van der Waals surface area contributed by atoms with Crippen molar-refractivity contribution < 1.29 is 24.6 Å². The average Bonchev–Trinajstić information content (AvgIpc) is 2.58. The first kappa shape index (κ1) is 22.5. The van der Waals surface area contributed by atoms with Gasteiger partial charge in [0.05, 0.1) is 0 Å². The Balaban J connectivity index is 0.000000823. The molecule has 9 nitrogen and oxygen atoms in total. The predicted molar refractivity (Wildman–Crippen MR) is 92.5 cm³/mol. The summed E-state index contributed by atoms with van der Waals surface area (Å²) in [5, 5.41) is 21.0. The van der Waals surface area contributed by atoms with Gasteiger partial charge in [-0.2, -0.15) is 0 Å². The summed E-state index contributed by atoms with van der Waals surface area (Å²) in [5.41, 5.74) is 0.661. The number of hydrogen-bond donors (Lipinski definition) is 4. The number of aliphatic carboxylic acids is 2. The van der Waals surface area contributed by atoms with Crippen molar-refractivity contribution in [3.05, 3.63) is 30.1 Å². The third-order valence-electron chi connectivity index (χ3n) is 2.90. The summed E-state index contributed by atoms with van der Waals surface area (Å²) in [4.78, 5) is 36.0. The van der Waals surface area contributed by atoms with Crippen LogP contribution in [-0.4, -0.2) is 78.2 Å². The van der Waals surface area contributed by atoms with Crippen LogP contribution in [0.3, 0.4) is 0 Å². The number of hydrogen-bond acceptors (Lipinski definition) is 6. The molecule has 0 saturated carbocycles. The van der Waals surface area contributed by atoms with Crippen LogP contribution < -0.4 is 10.6 Å². The highest BCUT2D eigenvalue weighted by molar-refractivity contribution is 6.27. The van der Waals surface area contributed by atoms with Crippen molar-refractivity contribution >= 4 is 17.8 Å². The fourth-order valence-corrected chi connectivity index (χ4v) is 1.67. The van der Waals surface area contributed by atoms with Crippen LogP contribution in [0.15, 0.2) is 24.5 Å². The molecule has 0 radical (unpaired) electrons. The van der Waals surface area contributed by atoms with Crippen molar-refractivity contribution in [3.63, 3.8) is 0 Å². The number of nitrogens with one attached hydrogen (secondary N) is 2. The molecule has 0 aliphatic heterocycles. The van der Waals surface area contributed by atoms with Gasteiger partial charge in [-0.1, -0.05) is 0 Å². The molecule has 1 aromatic heterocycles. The van der Waals surface area contributed by atoms with Gasteiger partial charge in [0.2, 0.25) is 0 Å². The first-order valence-corrected chi connectivity index (χ1v) is 7.84. The fourth-order valence-electron chi connectivity index (χ4n) is 1.67. The normalized spacial score (nSPS) is 9.88. The molecule has 9 heteroatoms. The van der Waals surface area contributed by atoms with E-state index in [9.17, 15) is 4.79 Å². The van der Waals surface area contributed by atoms with E-state index in [0.717, 1.165) is 32.5 Å². The van der Waals surface area contributed by atoms with Crippen LogP contribution in [0.25, 0.3) is 0 Å². The minimum atomic E-state index is -1.82. The van der Waals surface area contributed by atoms with E-state index in [-0.39, 0.29) is 5.91 Å². The number of carbonyl (C=O) groups excluding carboxylic acids is 1. The van der Waals surface area contributed by atoms with Crippen LogP contribution in [0.1, 0.15) is 23.2 Å². The Morgan fingerprint density at radius 3 is 2.08 bits per heavy atom. The molecule has 1 rings (SSSR count). The molecule has 25 heavy (non-hydrogen) atoms. The molecule has 1 amide bonds. The lowest BCUT2D eigenvalue weighted by Gasteiger charge is -2.10. The lowest BCUT2D eigenvalue weighted by atomic mass is 10.2. The van der Waals surface area contributed by atoms with E-state index in [1.807, 2.05) is 0 Å². The molecule has 0 atom stereocenters. The second-order valence-electron chi connectivity index (χ2n) is 5.36. The van der Waals surface area contributed by atoms with E-state index in [2.05, 4.69) is 34.6 Å². The second kappa shape index (κ2) is 13.9. The molecule has 0 unspecified atom stereocenters. The first-order valence-electron chi connectivity index (χ1n) is 7.84. The zero-order valence-electron chi connectivity index (χ0n) is 14.6. The summed E-state index contributed by atoms with van der Waals surface area (Å²) in [5.74, 6) is -3.68. The molecule has 0 saturated heterocycles. The molecule has 0 bridgehead atoms. The van der Waals surface area contributed by atoms with Crippen molar-refractivity contribution in [2.45, 2.75) is 12.8 Å². The van der Waals surface area contributed by atoms with Crippen molar-refractivity contribution in [2.24, 2.45) is 0 Å². The number of carbonyl (C=O) groups is 3. The van der Waals surface area contributed by atoms with Crippen LogP contribution >= 0.6 is 0 Å². The third-order valence-corrected chi connectivity index (χ3v) is 2.90. The topological polar surface area (TPSA) is 132 Å². The molecule has 0 aromatic carbocycles. The van der Waals surface area contributed by atoms with Crippen LogP contribution in [0.2, 0.25) is 0 Å². The molecule has 0 fully saturated rings. The lowest BCUT2D eigenvalue weighted by Crippen LogP contribution is -2.28. The quantitative estimate of drug-likeness (QED) is 0.357. The summed E-state index contributed by atoms with van der Waals surface area (Å²) < 4.78 is 0. The van der Waals surface area contributed by atoms with E-state index in [4.69, 9.17) is 19.8 Å². The minimum Gasteiger partial charge on any atom is -0.473 e. The summed E-state index contributed by atoms with van der Waals surface area (Å²) in [6.45, 7) is 3.76.